The van der Waals surface area contributed by atoms with Crippen molar-refractivity contribution in [1.29, 1.82) is 0 Å². The predicted octanol–water partition coefficient (Wildman–Crippen LogP) is 4.89. The van der Waals surface area contributed by atoms with Crippen LogP contribution in [0.5, 0.6) is 0 Å². The Kier molecular flexibility index (Phi) is 9.45. The molecule has 9 nitrogen and oxygen atoms in total. The van der Waals surface area contributed by atoms with Gasteiger partial charge in [0.2, 0.25) is 6.79 Å². The summed E-state index contributed by atoms with van der Waals surface area (Å²) in [6, 6.07) is 7.65. The van der Waals surface area contributed by atoms with Crippen LogP contribution in [0.15, 0.2) is 48.1 Å². The third kappa shape index (κ3) is 7.09. The molecule has 3 rings (SSSR count). The van der Waals surface area contributed by atoms with E-state index < -0.39 is 24.5 Å². The first-order valence-electron chi connectivity index (χ1n) is 12.6. The highest BCUT2D eigenvalue weighted by atomic mass is 16.8. The van der Waals surface area contributed by atoms with E-state index in [0.717, 1.165) is 23.1 Å². The maximum Gasteiger partial charge on any atom is 0.511 e. The molecule has 202 valence electrons. The van der Waals surface area contributed by atoms with Gasteiger partial charge in [-0.3, -0.25) is 0 Å². The first-order valence-corrected chi connectivity index (χ1v) is 12.6. The van der Waals surface area contributed by atoms with Gasteiger partial charge >= 0.3 is 12.1 Å². The van der Waals surface area contributed by atoms with Crippen molar-refractivity contribution < 1.29 is 33.7 Å². The Morgan fingerprint density at radius 3 is 2.50 bits per heavy atom. The van der Waals surface area contributed by atoms with Gasteiger partial charge in [-0.1, -0.05) is 49.4 Å². The molecule has 1 aliphatic carbocycles. The van der Waals surface area contributed by atoms with Gasteiger partial charge < -0.3 is 23.9 Å². The van der Waals surface area contributed by atoms with Crippen LogP contribution in [0.4, 0.5) is 4.79 Å². The molecule has 1 heterocycles. The molecule has 0 spiro atoms. The second kappa shape index (κ2) is 12.5. The van der Waals surface area contributed by atoms with Gasteiger partial charge in [0.05, 0.1) is 6.10 Å². The number of aromatic nitrogens is 2. The van der Waals surface area contributed by atoms with Crippen molar-refractivity contribution in [2.75, 3.05) is 6.79 Å². The molecule has 0 saturated heterocycles. The van der Waals surface area contributed by atoms with E-state index in [1.165, 1.54) is 0 Å². The Balaban J connectivity index is 1.91. The zero-order chi connectivity index (χ0) is 27.9. The number of carbonyl (C=O) groups is 2. The molecule has 0 amide bonds. The molecule has 1 aliphatic rings. The molecule has 1 N–H and O–H groups in total. The summed E-state index contributed by atoms with van der Waals surface area (Å²) < 4.78 is 16.7. The number of nitrogens with zero attached hydrogens (tertiary/aromatic N) is 2. The van der Waals surface area contributed by atoms with Gasteiger partial charge in [-0.25, -0.2) is 19.4 Å². The summed E-state index contributed by atoms with van der Waals surface area (Å²) >= 11 is 0. The minimum atomic E-state index is -1.43. The second-order valence-electron chi connectivity index (χ2n) is 9.72. The highest BCUT2D eigenvalue weighted by Crippen LogP contribution is 2.29. The van der Waals surface area contributed by atoms with Crippen molar-refractivity contribution in [2.45, 2.75) is 72.1 Å². The number of hydrogen-bond acceptors (Lipinski definition) is 8. The van der Waals surface area contributed by atoms with E-state index in [9.17, 15) is 19.5 Å². The molecule has 0 aliphatic heterocycles. The summed E-state index contributed by atoms with van der Waals surface area (Å²) in [5, 5.41) is 10.8. The molecular weight excluding hydrogens is 488 g/mol. The highest BCUT2D eigenvalue weighted by Gasteiger charge is 2.32. The first kappa shape index (κ1) is 28.6. The van der Waals surface area contributed by atoms with Crippen molar-refractivity contribution in [3.63, 3.8) is 0 Å². The Hall–Kier alpha value is -3.94. The standard InChI is InChI=1S/C29H34N2O7/c1-6-9-24-30-26(29(4,5)35)25(27(33)36-18-37-28(34)38-19(2)3)31(24)16-20-12-14-21(15-13-20)23-11-8-7-10-22(23)17-32/h7-8,11-15,19,35H,6,9-10,16,18H2,1-5H3. The summed E-state index contributed by atoms with van der Waals surface area (Å²) in [6.45, 7) is 8.07. The van der Waals surface area contributed by atoms with Crippen LogP contribution in [0.2, 0.25) is 0 Å². The number of aliphatic hydroxyl groups is 1. The number of allylic oxidation sites excluding steroid dienone is 5. The zero-order valence-corrected chi connectivity index (χ0v) is 22.4. The summed E-state index contributed by atoms with van der Waals surface area (Å²) in [4.78, 5) is 40.8. The van der Waals surface area contributed by atoms with Crippen LogP contribution in [0.25, 0.3) is 5.57 Å². The number of benzene rings is 1. The van der Waals surface area contributed by atoms with E-state index in [1.807, 2.05) is 55.4 Å². The molecule has 1 aromatic heterocycles. The third-order valence-electron chi connectivity index (χ3n) is 5.77. The van der Waals surface area contributed by atoms with Crippen LogP contribution < -0.4 is 0 Å². The fraction of sp³-hybridized carbons (Fsp3) is 0.414. The summed E-state index contributed by atoms with van der Waals surface area (Å²) in [5.41, 5.74) is 2.01. The van der Waals surface area contributed by atoms with E-state index in [1.54, 1.807) is 32.3 Å². The lowest BCUT2D eigenvalue weighted by Gasteiger charge is -2.18. The largest absolute Gasteiger partial charge is 0.511 e. The number of rotatable bonds is 10. The van der Waals surface area contributed by atoms with E-state index in [0.29, 0.717) is 24.2 Å². The van der Waals surface area contributed by atoms with Crippen LogP contribution >= 0.6 is 0 Å². The van der Waals surface area contributed by atoms with Crippen LogP contribution in [-0.2, 0) is 37.6 Å². The Morgan fingerprint density at radius 2 is 1.89 bits per heavy atom. The predicted molar refractivity (Wildman–Crippen MR) is 141 cm³/mol. The fourth-order valence-electron chi connectivity index (χ4n) is 4.04. The Labute approximate surface area is 222 Å². The van der Waals surface area contributed by atoms with Gasteiger partial charge in [0.15, 0.2) is 5.69 Å². The summed E-state index contributed by atoms with van der Waals surface area (Å²) in [7, 11) is 0. The van der Waals surface area contributed by atoms with Gasteiger partial charge in [-0.15, -0.1) is 0 Å². The van der Waals surface area contributed by atoms with Crippen LogP contribution in [0.3, 0.4) is 0 Å². The zero-order valence-electron chi connectivity index (χ0n) is 22.4. The molecule has 1 aromatic carbocycles. The molecule has 0 bridgehead atoms. The average molecular weight is 523 g/mol. The number of aryl methyl sites for hydroxylation is 1. The molecule has 0 fully saturated rings. The molecule has 0 atom stereocenters. The lowest BCUT2D eigenvalue weighted by Crippen LogP contribution is -2.24. The minimum absolute atomic E-state index is 0.0807. The van der Waals surface area contributed by atoms with Gasteiger partial charge in [-0.2, -0.15) is 0 Å². The van der Waals surface area contributed by atoms with Crippen molar-refractivity contribution in [2.24, 2.45) is 0 Å². The maximum atomic E-state index is 13.2. The van der Waals surface area contributed by atoms with Gasteiger partial charge in [0, 0.05) is 25.0 Å². The van der Waals surface area contributed by atoms with Crippen molar-refractivity contribution in [3.8, 4) is 0 Å². The second-order valence-corrected chi connectivity index (χ2v) is 9.72. The Morgan fingerprint density at radius 1 is 1.18 bits per heavy atom. The Bertz CT molecular complexity index is 1270. The molecule has 2 aromatic rings. The molecule has 0 unspecified atom stereocenters. The molecular formula is C29H34N2O7. The lowest BCUT2D eigenvalue weighted by molar-refractivity contribution is -0.0355. The molecule has 0 radical (unpaired) electrons. The maximum absolute atomic E-state index is 13.2. The van der Waals surface area contributed by atoms with E-state index in [-0.39, 0.29) is 24.0 Å². The van der Waals surface area contributed by atoms with Gasteiger partial charge in [0.25, 0.3) is 0 Å². The third-order valence-corrected chi connectivity index (χ3v) is 5.77. The minimum Gasteiger partial charge on any atom is -0.431 e. The first-order chi connectivity index (χ1) is 18.0. The fourth-order valence-corrected chi connectivity index (χ4v) is 4.04. The van der Waals surface area contributed by atoms with Crippen LogP contribution in [0, 0.1) is 0 Å². The van der Waals surface area contributed by atoms with Crippen LogP contribution in [-0.4, -0.2) is 45.6 Å². The van der Waals surface area contributed by atoms with Crippen molar-refractivity contribution in [3.05, 3.63) is 76.4 Å². The smallest absolute Gasteiger partial charge is 0.431 e. The van der Waals surface area contributed by atoms with Gasteiger partial charge in [-0.05, 0) is 50.8 Å². The number of carbonyl (C=O) groups excluding carboxylic acids is 3. The highest BCUT2D eigenvalue weighted by molar-refractivity contribution is 5.90. The van der Waals surface area contributed by atoms with Crippen molar-refractivity contribution in [1.82, 2.24) is 9.55 Å². The molecule has 0 saturated carbocycles. The quantitative estimate of drug-likeness (QED) is 0.266. The van der Waals surface area contributed by atoms with Gasteiger partial charge in [0.1, 0.15) is 23.1 Å². The normalized spacial score (nSPS) is 13.2. The number of imidazole rings is 1. The number of hydrogen-bond donors (Lipinski definition) is 1. The van der Waals surface area contributed by atoms with E-state index in [2.05, 4.69) is 4.98 Å². The topological polar surface area (TPSA) is 117 Å². The average Bonchev–Trinajstić information content (AvgIpc) is 3.22. The lowest BCUT2D eigenvalue weighted by atomic mass is 9.92. The number of esters is 1. The monoisotopic (exact) mass is 522 g/mol. The van der Waals surface area contributed by atoms with Crippen molar-refractivity contribution >= 4 is 23.6 Å². The number of ether oxygens (including phenoxy) is 3. The van der Waals surface area contributed by atoms with Crippen LogP contribution in [0.1, 0.15) is 80.6 Å². The van der Waals surface area contributed by atoms with E-state index in [4.69, 9.17) is 14.2 Å². The SMILES string of the molecule is CCCc1nc(C(C)(C)O)c(C(=O)OCOC(=O)OC(C)C)n1Cc1ccc(C2=CC=CCC2=C=O)cc1. The van der Waals surface area contributed by atoms with E-state index >= 15 is 0 Å². The molecule has 9 heteroatoms. The summed E-state index contributed by atoms with van der Waals surface area (Å²) in [5.74, 6) is 1.85. The summed E-state index contributed by atoms with van der Waals surface area (Å²) in [6.07, 6.45) is 6.25. The molecule has 38 heavy (non-hydrogen) atoms.